The van der Waals surface area contributed by atoms with Crippen LogP contribution in [0.1, 0.15) is 104 Å². The van der Waals surface area contributed by atoms with Crippen LogP contribution in [0, 0.1) is 40.4 Å². The third-order valence-corrected chi connectivity index (χ3v) is 10.8. The first-order chi connectivity index (χ1) is 14.0. The molecule has 29 heavy (non-hydrogen) atoms. The Morgan fingerprint density at radius 1 is 0.966 bits per heavy atom. The summed E-state index contributed by atoms with van der Waals surface area (Å²) in [7, 11) is 0. The highest BCUT2D eigenvalue weighted by molar-refractivity contribution is 5.25. The Labute approximate surface area is 179 Å². The molecular weight excluding hydrogens is 352 g/mol. The molecule has 5 rings (SSSR count). The van der Waals surface area contributed by atoms with Gasteiger partial charge in [0.1, 0.15) is 0 Å². The van der Waals surface area contributed by atoms with Crippen molar-refractivity contribution in [3.8, 4) is 0 Å². The number of hydrogen-bond donors (Lipinski definition) is 1. The molecule has 0 heterocycles. The van der Waals surface area contributed by atoms with Crippen molar-refractivity contribution in [3.05, 3.63) is 23.8 Å². The molecule has 5 aliphatic rings. The summed E-state index contributed by atoms with van der Waals surface area (Å²) >= 11 is 0. The fraction of sp³-hybridized carbons (Fsp3) is 0.857. The second kappa shape index (κ2) is 7.85. The number of fused-ring (bicyclic) bond motifs is 5. The lowest BCUT2D eigenvalue weighted by Gasteiger charge is -2.58. The molecule has 1 heteroatoms. The smallest absolute Gasteiger partial charge is 0.0577 e. The lowest BCUT2D eigenvalue weighted by Crippen LogP contribution is -2.50. The summed E-state index contributed by atoms with van der Waals surface area (Å²) in [6.07, 6.45) is 26.6. The minimum Gasteiger partial charge on any atom is -0.393 e. The maximum Gasteiger partial charge on any atom is 0.0577 e. The molecule has 4 saturated carbocycles. The summed E-state index contributed by atoms with van der Waals surface area (Å²) in [5, 5.41) is 10.2. The van der Waals surface area contributed by atoms with Crippen LogP contribution in [0.15, 0.2) is 23.8 Å². The molecule has 0 bridgehead atoms. The van der Waals surface area contributed by atoms with E-state index in [0.29, 0.717) is 10.8 Å². The molecule has 0 amide bonds. The minimum atomic E-state index is -0.0773. The first-order valence-electron chi connectivity index (χ1n) is 13.0. The molecular formula is C28H44O. The first-order valence-corrected chi connectivity index (χ1v) is 13.0. The van der Waals surface area contributed by atoms with Gasteiger partial charge in [-0.15, -0.1) is 0 Å². The first kappa shape index (κ1) is 20.3. The van der Waals surface area contributed by atoms with Crippen LogP contribution in [0.5, 0.6) is 0 Å². The normalized spacial score (nSPS) is 48.1. The highest BCUT2D eigenvalue weighted by atomic mass is 16.3. The lowest BCUT2D eigenvalue weighted by atomic mass is 9.47. The van der Waals surface area contributed by atoms with Gasteiger partial charge < -0.3 is 5.11 Å². The third kappa shape index (κ3) is 3.48. The van der Waals surface area contributed by atoms with Crippen LogP contribution in [-0.4, -0.2) is 11.2 Å². The topological polar surface area (TPSA) is 20.2 Å². The second-order valence-electron chi connectivity index (χ2n) is 12.0. The average Bonchev–Trinajstić information content (AvgIpc) is 3.06. The van der Waals surface area contributed by atoms with E-state index in [4.69, 9.17) is 0 Å². The molecule has 4 fully saturated rings. The van der Waals surface area contributed by atoms with E-state index in [-0.39, 0.29) is 6.10 Å². The van der Waals surface area contributed by atoms with Crippen molar-refractivity contribution in [1.82, 2.24) is 0 Å². The van der Waals surface area contributed by atoms with Gasteiger partial charge in [0.15, 0.2) is 0 Å². The van der Waals surface area contributed by atoms with Crippen LogP contribution < -0.4 is 0 Å². The molecule has 1 nitrogen and oxygen atoms in total. The largest absolute Gasteiger partial charge is 0.393 e. The van der Waals surface area contributed by atoms with E-state index in [1.807, 2.05) is 0 Å². The van der Waals surface area contributed by atoms with Crippen molar-refractivity contribution < 1.29 is 5.11 Å². The van der Waals surface area contributed by atoms with E-state index < -0.39 is 0 Å². The van der Waals surface area contributed by atoms with Gasteiger partial charge in [-0.3, -0.25) is 0 Å². The van der Waals surface area contributed by atoms with Crippen molar-refractivity contribution in [2.45, 2.75) is 110 Å². The zero-order chi connectivity index (χ0) is 20.1. The van der Waals surface area contributed by atoms with Crippen molar-refractivity contribution in [3.63, 3.8) is 0 Å². The standard InChI is InChI=1S/C28H44O/c1-27-18-16-26-24(13-11-22-19-23(29)15-17-28(22,26)2)25(27)14-12-21(27)10-6-9-20-7-4-3-5-8-20/h6,9,11,20-21,23-26,29H,3-5,7-8,10,12-19H2,1-2H3/b9-6+/t21-,23-,24-,25-,26-,27+,28-/m0/s1. The molecule has 162 valence electrons. The second-order valence-corrected chi connectivity index (χ2v) is 12.0. The van der Waals surface area contributed by atoms with Crippen LogP contribution >= 0.6 is 0 Å². The number of hydrogen-bond acceptors (Lipinski definition) is 1. The van der Waals surface area contributed by atoms with Crippen LogP contribution in [0.2, 0.25) is 0 Å². The summed E-state index contributed by atoms with van der Waals surface area (Å²) in [4.78, 5) is 0. The van der Waals surface area contributed by atoms with Crippen LogP contribution in [0.4, 0.5) is 0 Å². The zero-order valence-electron chi connectivity index (χ0n) is 19.0. The zero-order valence-corrected chi connectivity index (χ0v) is 19.0. The Morgan fingerprint density at radius 3 is 2.62 bits per heavy atom. The van der Waals surface area contributed by atoms with E-state index in [9.17, 15) is 5.11 Å². The predicted molar refractivity (Wildman–Crippen MR) is 122 cm³/mol. The predicted octanol–water partition coefficient (Wildman–Crippen LogP) is 7.45. The van der Waals surface area contributed by atoms with Crippen LogP contribution in [0.25, 0.3) is 0 Å². The molecule has 0 aromatic heterocycles. The van der Waals surface area contributed by atoms with Gasteiger partial charge in [0.25, 0.3) is 0 Å². The van der Waals surface area contributed by atoms with Crippen molar-refractivity contribution in [2.75, 3.05) is 0 Å². The summed E-state index contributed by atoms with van der Waals surface area (Å²) in [5.74, 6) is 4.53. The molecule has 1 N–H and O–H groups in total. The average molecular weight is 397 g/mol. The molecule has 0 spiro atoms. The molecule has 5 aliphatic carbocycles. The summed E-state index contributed by atoms with van der Waals surface area (Å²) in [6.45, 7) is 5.23. The van der Waals surface area contributed by atoms with Crippen molar-refractivity contribution >= 4 is 0 Å². The Balaban J connectivity index is 1.29. The van der Waals surface area contributed by atoms with Gasteiger partial charge in [-0.1, -0.05) is 56.9 Å². The molecule has 0 radical (unpaired) electrons. The Kier molecular flexibility index (Phi) is 5.51. The quantitative estimate of drug-likeness (QED) is 0.491. The van der Waals surface area contributed by atoms with Gasteiger partial charge in [0.05, 0.1) is 6.10 Å². The third-order valence-electron chi connectivity index (χ3n) is 10.8. The molecule has 0 unspecified atom stereocenters. The summed E-state index contributed by atoms with van der Waals surface area (Å²) < 4.78 is 0. The fourth-order valence-corrected chi connectivity index (χ4v) is 8.90. The van der Waals surface area contributed by atoms with Crippen molar-refractivity contribution in [2.24, 2.45) is 40.4 Å². The van der Waals surface area contributed by atoms with Gasteiger partial charge in [-0.2, -0.15) is 0 Å². The maximum absolute atomic E-state index is 10.2. The lowest BCUT2D eigenvalue weighted by molar-refractivity contribution is -0.0492. The molecule has 0 aromatic carbocycles. The molecule has 7 atom stereocenters. The van der Waals surface area contributed by atoms with Gasteiger partial charge in [0, 0.05) is 0 Å². The van der Waals surface area contributed by atoms with E-state index >= 15 is 0 Å². The van der Waals surface area contributed by atoms with E-state index in [1.165, 1.54) is 77.0 Å². The Morgan fingerprint density at radius 2 is 1.79 bits per heavy atom. The van der Waals surface area contributed by atoms with E-state index in [2.05, 4.69) is 32.1 Å². The minimum absolute atomic E-state index is 0.0773. The van der Waals surface area contributed by atoms with Gasteiger partial charge >= 0.3 is 0 Å². The number of allylic oxidation sites excluding steroid dienone is 3. The molecule has 0 aliphatic heterocycles. The Hall–Kier alpha value is -0.560. The van der Waals surface area contributed by atoms with Gasteiger partial charge in [0.2, 0.25) is 0 Å². The Bertz CT molecular complexity index is 655. The maximum atomic E-state index is 10.2. The van der Waals surface area contributed by atoms with Gasteiger partial charge in [-0.25, -0.2) is 0 Å². The summed E-state index contributed by atoms with van der Waals surface area (Å²) in [6, 6.07) is 0. The van der Waals surface area contributed by atoms with E-state index in [0.717, 1.165) is 42.4 Å². The molecule has 0 saturated heterocycles. The molecule has 0 aromatic rings. The monoisotopic (exact) mass is 396 g/mol. The number of rotatable bonds is 3. The SMILES string of the molecule is C[C@]12CC[C@H]3[C@@H](CC=C4C[C@@H](O)CC[C@@]43C)[C@@H]1CC[C@@H]2C/C=C/C1CCCCC1. The summed E-state index contributed by atoms with van der Waals surface area (Å²) in [5.41, 5.74) is 2.59. The fourth-order valence-electron chi connectivity index (χ4n) is 8.90. The van der Waals surface area contributed by atoms with Crippen LogP contribution in [-0.2, 0) is 0 Å². The van der Waals surface area contributed by atoms with E-state index in [1.54, 1.807) is 5.57 Å². The highest BCUT2D eigenvalue weighted by Crippen LogP contribution is 2.66. The number of aliphatic hydroxyl groups excluding tert-OH is 1. The highest BCUT2D eigenvalue weighted by Gasteiger charge is 2.58. The van der Waals surface area contributed by atoms with Crippen LogP contribution in [0.3, 0.4) is 0 Å². The van der Waals surface area contributed by atoms with Crippen molar-refractivity contribution in [1.29, 1.82) is 0 Å². The number of aliphatic hydroxyl groups is 1. The van der Waals surface area contributed by atoms with Gasteiger partial charge in [-0.05, 0) is 111 Å².